The first-order chi connectivity index (χ1) is 16.6. The molecule has 35 heavy (non-hydrogen) atoms. The van der Waals surface area contributed by atoms with E-state index in [0.29, 0.717) is 5.56 Å². The van der Waals surface area contributed by atoms with Gasteiger partial charge in [0.05, 0.1) is 0 Å². The fourth-order valence-electron chi connectivity index (χ4n) is 3.66. The summed E-state index contributed by atoms with van der Waals surface area (Å²) in [4.78, 5) is 47.3. The molecule has 12 nitrogen and oxygen atoms in total. The Morgan fingerprint density at radius 2 is 1.63 bits per heavy atom. The van der Waals surface area contributed by atoms with Crippen LogP contribution < -0.4 is 5.32 Å². The van der Waals surface area contributed by atoms with Crippen LogP contribution in [0, 0.1) is 4.84 Å². The smallest absolute Gasteiger partial charge is 0.303 e. The van der Waals surface area contributed by atoms with Crippen molar-refractivity contribution in [3.8, 4) is 11.5 Å². The third kappa shape index (κ3) is 6.51. The summed E-state index contributed by atoms with van der Waals surface area (Å²) in [5.74, 6) is -2.32. The second-order valence-corrected chi connectivity index (χ2v) is 8.08. The third-order valence-corrected chi connectivity index (χ3v) is 5.19. The number of hydrogen-bond donors (Lipinski definition) is 1. The molecule has 0 bridgehead atoms. The quantitative estimate of drug-likeness (QED) is 0.332. The monoisotopic (exact) mass is 507 g/mol. The number of carbonyl (C=O) groups excluding carboxylic acids is 4. The Morgan fingerprint density at radius 3 is 2.20 bits per heavy atom. The molecule has 1 fully saturated rings. The van der Waals surface area contributed by atoms with Crippen molar-refractivity contribution in [2.75, 3.05) is 6.61 Å². The molecule has 13 heteroatoms. The molecule has 3 rings (SSSR count). The second-order valence-electron chi connectivity index (χ2n) is 7.73. The number of nitrogens with one attached hydrogen (secondary N) is 1. The molecule has 0 spiro atoms. The third-order valence-electron chi connectivity index (χ3n) is 4.92. The Balaban J connectivity index is 2.10. The van der Waals surface area contributed by atoms with Crippen LogP contribution in [0.1, 0.15) is 33.9 Å². The standard InChI is InChI=1S/C22H25N3O9S/c1-11(26)23-17-19(32-14(4)29)18(31-13(3)28)16(10-30-12(2)27)33-21(17)25-22(35)34-20(24-25)15-8-6-5-7-9-15/h5-9,16-19,21H,10H2,1-4H3,(H,23,26)/t16-,17+,18+,19-,21-/m0/s1. The molecule has 1 aliphatic rings. The summed E-state index contributed by atoms with van der Waals surface area (Å²) >= 11 is 5.35. The van der Waals surface area contributed by atoms with Crippen LogP contribution in [0.5, 0.6) is 0 Å². The van der Waals surface area contributed by atoms with Gasteiger partial charge in [-0.2, -0.15) is 4.68 Å². The highest BCUT2D eigenvalue weighted by molar-refractivity contribution is 7.71. The van der Waals surface area contributed by atoms with Gasteiger partial charge in [-0.3, -0.25) is 19.2 Å². The number of nitrogens with zero attached hydrogens (tertiary/aromatic N) is 2. The maximum absolute atomic E-state index is 12.1. The van der Waals surface area contributed by atoms with Gasteiger partial charge >= 0.3 is 17.9 Å². The van der Waals surface area contributed by atoms with Crippen molar-refractivity contribution in [2.24, 2.45) is 0 Å². The summed E-state index contributed by atoms with van der Waals surface area (Å²) in [7, 11) is 0. The minimum atomic E-state index is -1.24. The highest BCUT2D eigenvalue weighted by Crippen LogP contribution is 2.33. The molecular weight excluding hydrogens is 482 g/mol. The van der Waals surface area contributed by atoms with E-state index < -0.39 is 54.4 Å². The molecule has 188 valence electrons. The van der Waals surface area contributed by atoms with Gasteiger partial charge in [0.2, 0.25) is 11.8 Å². The maximum Gasteiger partial charge on any atom is 0.303 e. The molecule has 2 aromatic rings. The second kappa shape index (κ2) is 11.2. The predicted octanol–water partition coefficient (Wildman–Crippen LogP) is 1.70. The van der Waals surface area contributed by atoms with Crippen molar-refractivity contribution < 1.29 is 42.5 Å². The predicted molar refractivity (Wildman–Crippen MR) is 120 cm³/mol. The van der Waals surface area contributed by atoms with Crippen LogP contribution in [0.15, 0.2) is 34.7 Å². The highest BCUT2D eigenvalue weighted by Gasteiger charge is 2.52. The van der Waals surface area contributed by atoms with Crippen molar-refractivity contribution in [1.82, 2.24) is 15.1 Å². The van der Waals surface area contributed by atoms with Gasteiger partial charge in [0.1, 0.15) is 18.8 Å². The van der Waals surface area contributed by atoms with Crippen molar-refractivity contribution in [3.05, 3.63) is 35.2 Å². The van der Waals surface area contributed by atoms with Gasteiger partial charge in [-0.1, -0.05) is 18.2 Å². The van der Waals surface area contributed by atoms with E-state index in [1.54, 1.807) is 24.3 Å². The number of aromatic nitrogens is 2. The molecular formula is C22H25N3O9S. The average molecular weight is 508 g/mol. The Labute approximate surface area is 205 Å². The van der Waals surface area contributed by atoms with Crippen LogP contribution in [0.25, 0.3) is 11.5 Å². The van der Waals surface area contributed by atoms with Crippen molar-refractivity contribution in [2.45, 2.75) is 58.3 Å². The van der Waals surface area contributed by atoms with Crippen LogP contribution in [-0.2, 0) is 38.1 Å². The molecule has 0 saturated carbocycles. The van der Waals surface area contributed by atoms with E-state index in [1.165, 1.54) is 18.5 Å². The number of amides is 1. The van der Waals surface area contributed by atoms with E-state index in [-0.39, 0.29) is 17.3 Å². The lowest BCUT2D eigenvalue weighted by molar-refractivity contribution is -0.239. The van der Waals surface area contributed by atoms with Gasteiger partial charge in [0, 0.05) is 33.3 Å². The van der Waals surface area contributed by atoms with E-state index in [4.69, 9.17) is 35.6 Å². The molecule has 1 aliphatic heterocycles. The van der Waals surface area contributed by atoms with E-state index in [0.717, 1.165) is 13.8 Å². The highest BCUT2D eigenvalue weighted by atomic mass is 32.1. The summed E-state index contributed by atoms with van der Waals surface area (Å²) in [6.07, 6.45) is -4.73. The zero-order chi connectivity index (χ0) is 25.7. The number of hydrogen-bond acceptors (Lipinski definition) is 11. The van der Waals surface area contributed by atoms with Gasteiger partial charge in [-0.25, -0.2) is 0 Å². The zero-order valence-corrected chi connectivity index (χ0v) is 20.3. The van der Waals surface area contributed by atoms with Crippen molar-refractivity contribution in [1.29, 1.82) is 0 Å². The fourth-order valence-corrected chi connectivity index (χ4v) is 3.89. The Hall–Kier alpha value is -3.58. The van der Waals surface area contributed by atoms with Crippen molar-refractivity contribution >= 4 is 36.0 Å². The van der Waals surface area contributed by atoms with Crippen LogP contribution in [0.4, 0.5) is 0 Å². The Morgan fingerprint density at radius 1 is 1.00 bits per heavy atom. The number of rotatable bonds is 7. The lowest BCUT2D eigenvalue weighted by Crippen LogP contribution is -2.64. The Kier molecular flexibility index (Phi) is 8.35. The van der Waals surface area contributed by atoms with Gasteiger partial charge in [-0.05, 0) is 24.4 Å². The fraction of sp³-hybridized carbons (Fsp3) is 0.455. The minimum absolute atomic E-state index is 0.0945. The zero-order valence-electron chi connectivity index (χ0n) is 19.5. The van der Waals surface area contributed by atoms with Crippen LogP contribution in [0.3, 0.4) is 0 Å². The molecule has 1 aromatic carbocycles. The van der Waals surface area contributed by atoms with E-state index >= 15 is 0 Å². The van der Waals surface area contributed by atoms with Crippen LogP contribution >= 0.6 is 12.2 Å². The van der Waals surface area contributed by atoms with E-state index in [9.17, 15) is 19.2 Å². The summed E-state index contributed by atoms with van der Waals surface area (Å²) in [6, 6.07) is 7.83. The number of ether oxygens (including phenoxy) is 4. The molecule has 0 unspecified atom stereocenters. The minimum Gasteiger partial charge on any atom is -0.463 e. The molecule has 1 aromatic heterocycles. The van der Waals surface area contributed by atoms with Crippen LogP contribution in [-0.4, -0.2) is 64.6 Å². The SMILES string of the molecule is CC(=O)N[C@@H]1[C@H](OC(C)=O)[C@H](OC(C)=O)[C@H](COC(C)=O)O[C@@H]1n1nc(-c2ccccc2)oc1=S. The first-order valence-corrected chi connectivity index (χ1v) is 11.0. The topological polar surface area (TPSA) is 148 Å². The maximum atomic E-state index is 12.1. The molecule has 1 N–H and O–H groups in total. The molecule has 1 saturated heterocycles. The van der Waals surface area contributed by atoms with Gasteiger partial charge < -0.3 is 28.7 Å². The first-order valence-electron chi connectivity index (χ1n) is 10.6. The lowest BCUT2D eigenvalue weighted by atomic mass is 9.95. The summed E-state index contributed by atoms with van der Waals surface area (Å²) in [5.41, 5.74) is 0.634. The summed E-state index contributed by atoms with van der Waals surface area (Å²) in [5, 5.41) is 7.07. The van der Waals surface area contributed by atoms with Crippen LogP contribution in [0.2, 0.25) is 0 Å². The number of benzene rings is 1. The molecule has 0 radical (unpaired) electrons. The summed E-state index contributed by atoms with van der Waals surface area (Å²) in [6.45, 7) is 4.43. The number of esters is 3. The van der Waals surface area contributed by atoms with Gasteiger partial charge in [0.15, 0.2) is 18.4 Å². The van der Waals surface area contributed by atoms with E-state index in [1.807, 2.05) is 6.07 Å². The normalized spacial score (nSPS) is 23.7. The molecule has 2 heterocycles. The van der Waals surface area contributed by atoms with Gasteiger partial charge in [-0.15, -0.1) is 5.10 Å². The first kappa shape index (κ1) is 26.0. The molecule has 0 aliphatic carbocycles. The molecule has 5 atom stereocenters. The molecule has 1 amide bonds. The lowest BCUT2D eigenvalue weighted by Gasteiger charge is -2.44. The summed E-state index contributed by atoms with van der Waals surface area (Å²) < 4.78 is 28.9. The van der Waals surface area contributed by atoms with E-state index in [2.05, 4.69) is 10.4 Å². The average Bonchev–Trinajstić information content (AvgIpc) is 3.16. The Bertz CT molecular complexity index is 1150. The van der Waals surface area contributed by atoms with Gasteiger partial charge in [0.25, 0.3) is 4.84 Å². The largest absolute Gasteiger partial charge is 0.463 e. The van der Waals surface area contributed by atoms with Crippen molar-refractivity contribution in [3.63, 3.8) is 0 Å². The number of carbonyl (C=O) groups is 4.